The number of nitrogens with zero attached hydrogens (tertiary/aromatic N) is 1. The van der Waals surface area contributed by atoms with Gasteiger partial charge in [0, 0.05) is 11.6 Å². The highest BCUT2D eigenvalue weighted by atomic mass is 35.5. The summed E-state index contributed by atoms with van der Waals surface area (Å²) >= 11 is 0. The van der Waals surface area contributed by atoms with Crippen LogP contribution >= 0.6 is 12.4 Å². The molecule has 0 radical (unpaired) electrons. The van der Waals surface area contributed by atoms with Gasteiger partial charge in [-0.05, 0) is 12.1 Å². The largest absolute Gasteiger partial charge is 0.496 e. The summed E-state index contributed by atoms with van der Waals surface area (Å²) in [6.07, 6.45) is 0.0668. The molecule has 5 heteroatoms. The number of benzene rings is 1. The van der Waals surface area contributed by atoms with Gasteiger partial charge >= 0.3 is 0 Å². The van der Waals surface area contributed by atoms with E-state index in [4.69, 9.17) is 15.7 Å². The zero-order valence-electron chi connectivity index (χ0n) is 8.24. The minimum absolute atomic E-state index is 0. The monoisotopic (exact) mass is 230 g/mol. The molecule has 1 rings (SSSR count). The number of halogens is 2. The molecule has 0 spiro atoms. The molecule has 0 saturated heterocycles. The number of nitrogens with two attached hydrogens (primary N) is 1. The number of nitriles is 1. The standard InChI is InChI=1S/C10H11FN2O.ClH/c1-14-9-4-2-3-7(11)10(9)8(13)5-6-12;/h2-4,8H,5,13H2,1H3;1H/t8-;/m0./s1. The zero-order valence-corrected chi connectivity index (χ0v) is 9.05. The van der Waals surface area contributed by atoms with Crippen molar-refractivity contribution in [1.82, 2.24) is 0 Å². The Labute approximate surface area is 94.1 Å². The van der Waals surface area contributed by atoms with Crippen molar-refractivity contribution in [2.75, 3.05) is 7.11 Å². The molecule has 2 N–H and O–H groups in total. The molecule has 0 unspecified atom stereocenters. The Morgan fingerprint density at radius 3 is 2.80 bits per heavy atom. The maximum absolute atomic E-state index is 13.3. The van der Waals surface area contributed by atoms with Gasteiger partial charge in [-0.3, -0.25) is 0 Å². The first-order valence-corrected chi connectivity index (χ1v) is 4.15. The summed E-state index contributed by atoms with van der Waals surface area (Å²) in [5, 5.41) is 8.46. The van der Waals surface area contributed by atoms with Crippen LogP contribution < -0.4 is 10.5 Å². The lowest BCUT2D eigenvalue weighted by atomic mass is 10.0. The van der Waals surface area contributed by atoms with Gasteiger partial charge in [-0.15, -0.1) is 12.4 Å². The molecule has 0 amide bonds. The van der Waals surface area contributed by atoms with Crippen molar-refractivity contribution >= 4 is 12.4 Å². The van der Waals surface area contributed by atoms with E-state index in [0.29, 0.717) is 5.75 Å². The summed E-state index contributed by atoms with van der Waals surface area (Å²) in [5.41, 5.74) is 5.90. The average molecular weight is 231 g/mol. The van der Waals surface area contributed by atoms with Crippen LogP contribution in [-0.2, 0) is 0 Å². The lowest BCUT2D eigenvalue weighted by molar-refractivity contribution is 0.399. The topological polar surface area (TPSA) is 59.0 Å². The van der Waals surface area contributed by atoms with E-state index in [1.54, 1.807) is 6.07 Å². The second kappa shape index (κ2) is 6.23. The Bertz CT molecular complexity index is 365. The molecule has 0 bridgehead atoms. The van der Waals surface area contributed by atoms with Crippen LogP contribution in [-0.4, -0.2) is 7.11 Å². The highest BCUT2D eigenvalue weighted by Gasteiger charge is 2.16. The maximum Gasteiger partial charge on any atom is 0.131 e. The van der Waals surface area contributed by atoms with Gasteiger partial charge in [-0.2, -0.15) is 5.26 Å². The van der Waals surface area contributed by atoms with Crippen molar-refractivity contribution in [2.45, 2.75) is 12.5 Å². The first-order chi connectivity index (χ1) is 6.70. The Morgan fingerprint density at radius 2 is 2.27 bits per heavy atom. The second-order valence-corrected chi connectivity index (χ2v) is 2.82. The van der Waals surface area contributed by atoms with E-state index < -0.39 is 11.9 Å². The third-order valence-electron chi connectivity index (χ3n) is 1.91. The van der Waals surface area contributed by atoms with E-state index in [2.05, 4.69) is 0 Å². The summed E-state index contributed by atoms with van der Waals surface area (Å²) in [6, 6.07) is 5.71. The fourth-order valence-corrected chi connectivity index (χ4v) is 1.26. The predicted molar refractivity (Wildman–Crippen MR) is 57.4 cm³/mol. The van der Waals surface area contributed by atoms with E-state index >= 15 is 0 Å². The van der Waals surface area contributed by atoms with Crippen molar-refractivity contribution in [3.05, 3.63) is 29.6 Å². The summed E-state index contributed by atoms with van der Waals surface area (Å²) < 4.78 is 18.3. The third-order valence-corrected chi connectivity index (χ3v) is 1.91. The lowest BCUT2D eigenvalue weighted by Crippen LogP contribution is -2.12. The first kappa shape index (κ1) is 13.7. The minimum atomic E-state index is -0.642. The molecular weight excluding hydrogens is 219 g/mol. The van der Waals surface area contributed by atoms with E-state index in [1.807, 2.05) is 6.07 Å². The van der Waals surface area contributed by atoms with Crippen LogP contribution in [0, 0.1) is 17.1 Å². The molecule has 1 aromatic rings. The number of hydrogen-bond donors (Lipinski definition) is 1. The molecule has 0 saturated carbocycles. The Kier molecular flexibility index (Phi) is 5.68. The quantitative estimate of drug-likeness (QED) is 0.866. The summed E-state index contributed by atoms with van der Waals surface area (Å²) in [5.74, 6) is -0.0557. The smallest absolute Gasteiger partial charge is 0.131 e. The third kappa shape index (κ3) is 3.08. The van der Waals surface area contributed by atoms with Crippen LogP contribution in [0.5, 0.6) is 5.75 Å². The number of ether oxygens (including phenoxy) is 1. The van der Waals surface area contributed by atoms with E-state index in [-0.39, 0.29) is 24.4 Å². The minimum Gasteiger partial charge on any atom is -0.496 e. The Balaban J connectivity index is 0.00000196. The van der Waals surface area contributed by atoms with Crippen LogP contribution in [0.25, 0.3) is 0 Å². The zero-order chi connectivity index (χ0) is 10.6. The van der Waals surface area contributed by atoms with Crippen LogP contribution in [0.4, 0.5) is 4.39 Å². The lowest BCUT2D eigenvalue weighted by Gasteiger charge is -2.13. The summed E-state index contributed by atoms with van der Waals surface area (Å²) in [6.45, 7) is 0. The van der Waals surface area contributed by atoms with Gasteiger partial charge in [0.25, 0.3) is 0 Å². The molecule has 1 atom stereocenters. The van der Waals surface area contributed by atoms with Gasteiger partial charge in [-0.1, -0.05) is 6.07 Å². The van der Waals surface area contributed by atoms with Crippen molar-refractivity contribution in [1.29, 1.82) is 5.26 Å². The van der Waals surface area contributed by atoms with Gasteiger partial charge in [0.05, 0.1) is 19.6 Å². The van der Waals surface area contributed by atoms with Crippen molar-refractivity contribution < 1.29 is 9.13 Å². The molecule has 0 fully saturated rings. The second-order valence-electron chi connectivity index (χ2n) is 2.82. The Morgan fingerprint density at radius 1 is 1.60 bits per heavy atom. The maximum atomic E-state index is 13.3. The molecule has 1 aromatic carbocycles. The number of hydrogen-bond acceptors (Lipinski definition) is 3. The van der Waals surface area contributed by atoms with Crippen LogP contribution in [0.1, 0.15) is 18.0 Å². The summed E-state index contributed by atoms with van der Waals surface area (Å²) in [7, 11) is 1.44. The predicted octanol–water partition coefficient (Wildman–Crippen LogP) is 2.17. The molecule has 82 valence electrons. The van der Waals surface area contributed by atoms with E-state index in [9.17, 15) is 4.39 Å². The molecular formula is C10H12ClFN2O. The fraction of sp³-hybridized carbons (Fsp3) is 0.300. The Hall–Kier alpha value is -1.31. The van der Waals surface area contributed by atoms with Crippen LogP contribution in [0.15, 0.2) is 18.2 Å². The fourth-order valence-electron chi connectivity index (χ4n) is 1.26. The highest BCUT2D eigenvalue weighted by molar-refractivity contribution is 5.85. The molecule has 0 aromatic heterocycles. The molecule has 0 aliphatic carbocycles. The number of rotatable bonds is 3. The van der Waals surface area contributed by atoms with Gasteiger partial charge in [0.1, 0.15) is 11.6 Å². The van der Waals surface area contributed by atoms with Crippen molar-refractivity contribution in [3.63, 3.8) is 0 Å². The van der Waals surface area contributed by atoms with Crippen LogP contribution in [0.3, 0.4) is 0 Å². The molecule has 15 heavy (non-hydrogen) atoms. The van der Waals surface area contributed by atoms with Gasteiger partial charge < -0.3 is 10.5 Å². The van der Waals surface area contributed by atoms with Gasteiger partial charge in [-0.25, -0.2) is 4.39 Å². The van der Waals surface area contributed by atoms with Crippen molar-refractivity contribution in [3.8, 4) is 11.8 Å². The normalized spacial score (nSPS) is 11.1. The molecule has 0 aliphatic rings. The molecule has 0 aliphatic heterocycles. The molecule has 0 heterocycles. The molecule has 3 nitrogen and oxygen atoms in total. The van der Waals surface area contributed by atoms with Crippen molar-refractivity contribution in [2.24, 2.45) is 5.73 Å². The highest BCUT2D eigenvalue weighted by Crippen LogP contribution is 2.27. The first-order valence-electron chi connectivity index (χ1n) is 4.15. The average Bonchev–Trinajstić information content (AvgIpc) is 2.17. The number of methoxy groups -OCH3 is 1. The summed E-state index contributed by atoms with van der Waals surface area (Å²) in [4.78, 5) is 0. The van der Waals surface area contributed by atoms with Gasteiger partial charge in [0.15, 0.2) is 0 Å². The van der Waals surface area contributed by atoms with Gasteiger partial charge in [0.2, 0.25) is 0 Å². The van der Waals surface area contributed by atoms with Crippen LogP contribution in [0.2, 0.25) is 0 Å². The SMILES string of the molecule is COc1cccc(F)c1[C@@H](N)CC#N.Cl. The van der Waals surface area contributed by atoms with E-state index in [0.717, 1.165) is 0 Å². The van der Waals surface area contributed by atoms with E-state index in [1.165, 1.54) is 19.2 Å².